The van der Waals surface area contributed by atoms with Gasteiger partial charge in [-0.25, -0.2) is 4.79 Å². The number of carboxylic acid groups (broad SMARTS) is 1. The number of rotatable bonds is 1. The molecule has 0 amide bonds. The topological polar surface area (TPSA) is 50.2 Å². The van der Waals surface area contributed by atoms with E-state index in [1.807, 2.05) is 6.07 Å². The zero-order valence-corrected chi connectivity index (χ0v) is 9.22. The number of hydrogen-bond acceptors (Lipinski definition) is 2. The molecule has 1 aromatic heterocycles. The molecule has 1 aromatic carbocycles. The molecule has 0 aliphatic carbocycles. The van der Waals surface area contributed by atoms with Crippen molar-refractivity contribution in [3.05, 3.63) is 39.6 Å². The summed E-state index contributed by atoms with van der Waals surface area (Å²) in [6.07, 6.45) is 1.70. The van der Waals surface area contributed by atoms with E-state index in [0.717, 1.165) is 14.5 Å². The van der Waals surface area contributed by atoms with Gasteiger partial charge >= 0.3 is 5.97 Å². The van der Waals surface area contributed by atoms with Crippen molar-refractivity contribution in [3.8, 4) is 0 Å². The molecule has 3 nitrogen and oxygen atoms in total. The molecule has 0 atom stereocenters. The van der Waals surface area contributed by atoms with E-state index in [4.69, 9.17) is 5.11 Å². The molecule has 2 rings (SSSR count). The van der Waals surface area contributed by atoms with Crippen LogP contribution in [0.3, 0.4) is 0 Å². The fourth-order valence-corrected chi connectivity index (χ4v) is 2.06. The highest BCUT2D eigenvalue weighted by Gasteiger charge is 2.07. The molecule has 0 spiro atoms. The first kappa shape index (κ1) is 9.39. The number of aromatic nitrogens is 1. The summed E-state index contributed by atoms with van der Waals surface area (Å²) in [5.41, 5.74) is 1.15. The van der Waals surface area contributed by atoms with E-state index in [1.165, 1.54) is 0 Å². The largest absolute Gasteiger partial charge is 0.478 e. The van der Waals surface area contributed by atoms with E-state index in [9.17, 15) is 4.79 Å². The van der Waals surface area contributed by atoms with E-state index in [-0.39, 0.29) is 0 Å². The summed E-state index contributed by atoms with van der Waals surface area (Å²) in [7, 11) is 0. The number of halogens is 1. The molecule has 0 fully saturated rings. The summed E-state index contributed by atoms with van der Waals surface area (Å²) in [5.74, 6) is -0.909. The van der Waals surface area contributed by atoms with E-state index >= 15 is 0 Å². The van der Waals surface area contributed by atoms with Crippen LogP contribution < -0.4 is 0 Å². The smallest absolute Gasteiger partial charge is 0.335 e. The molecule has 0 saturated carbocycles. The van der Waals surface area contributed by atoms with Crippen LogP contribution >= 0.6 is 22.6 Å². The Morgan fingerprint density at radius 3 is 2.93 bits per heavy atom. The molecule has 1 heterocycles. The van der Waals surface area contributed by atoms with Gasteiger partial charge < -0.3 is 5.11 Å². The quantitative estimate of drug-likeness (QED) is 0.823. The van der Waals surface area contributed by atoms with Gasteiger partial charge in [-0.05, 0) is 40.8 Å². The van der Waals surface area contributed by atoms with Gasteiger partial charge in [0.2, 0.25) is 0 Å². The lowest BCUT2D eigenvalue weighted by Gasteiger charge is -2.01. The number of benzene rings is 1. The maximum absolute atomic E-state index is 10.8. The molecule has 70 valence electrons. The Morgan fingerprint density at radius 2 is 2.21 bits per heavy atom. The number of nitrogens with zero attached hydrogens (tertiary/aromatic N) is 1. The van der Waals surface area contributed by atoms with Crippen molar-refractivity contribution < 1.29 is 9.90 Å². The lowest BCUT2D eigenvalue weighted by atomic mass is 10.1. The summed E-state index contributed by atoms with van der Waals surface area (Å²) in [5, 5.41) is 9.70. The first-order valence-corrected chi connectivity index (χ1v) is 5.04. The van der Waals surface area contributed by atoms with Gasteiger partial charge in [0.15, 0.2) is 0 Å². The molecule has 0 saturated heterocycles. The standard InChI is InChI=1S/C10H6INO2/c11-8-5-7(10(13)14)4-6-2-1-3-12-9(6)8/h1-5H,(H,13,14). The third-order valence-electron chi connectivity index (χ3n) is 1.91. The average molecular weight is 299 g/mol. The molecule has 2 aromatic rings. The van der Waals surface area contributed by atoms with Crippen LogP contribution in [0.4, 0.5) is 0 Å². The van der Waals surface area contributed by atoms with Crippen LogP contribution in [0.5, 0.6) is 0 Å². The second-order valence-electron chi connectivity index (χ2n) is 2.84. The van der Waals surface area contributed by atoms with Gasteiger partial charge in [-0.2, -0.15) is 0 Å². The second kappa shape index (κ2) is 3.53. The van der Waals surface area contributed by atoms with Crippen LogP contribution in [0.15, 0.2) is 30.5 Å². The van der Waals surface area contributed by atoms with Crippen molar-refractivity contribution >= 4 is 39.5 Å². The lowest BCUT2D eigenvalue weighted by Crippen LogP contribution is -1.97. The number of carbonyl (C=O) groups is 1. The molecular weight excluding hydrogens is 293 g/mol. The minimum atomic E-state index is -0.909. The third-order valence-corrected chi connectivity index (χ3v) is 2.73. The van der Waals surface area contributed by atoms with Gasteiger partial charge in [-0.1, -0.05) is 6.07 Å². The van der Waals surface area contributed by atoms with Crippen molar-refractivity contribution in [2.45, 2.75) is 0 Å². The molecule has 0 unspecified atom stereocenters. The van der Waals surface area contributed by atoms with Gasteiger partial charge in [0, 0.05) is 15.2 Å². The number of aromatic carboxylic acids is 1. The first-order chi connectivity index (χ1) is 6.68. The molecule has 0 radical (unpaired) electrons. The van der Waals surface area contributed by atoms with E-state index in [1.54, 1.807) is 24.4 Å². The van der Waals surface area contributed by atoms with Crippen LogP contribution in [-0.4, -0.2) is 16.1 Å². The van der Waals surface area contributed by atoms with Crippen LogP contribution in [-0.2, 0) is 0 Å². The third kappa shape index (κ3) is 1.57. The summed E-state index contributed by atoms with van der Waals surface area (Å²) in [6.45, 7) is 0. The zero-order chi connectivity index (χ0) is 10.1. The number of carboxylic acids is 1. The number of hydrogen-bond donors (Lipinski definition) is 1. The van der Waals surface area contributed by atoms with E-state index in [2.05, 4.69) is 27.6 Å². The first-order valence-electron chi connectivity index (χ1n) is 3.96. The molecule has 14 heavy (non-hydrogen) atoms. The van der Waals surface area contributed by atoms with Crippen LogP contribution in [0.2, 0.25) is 0 Å². The molecular formula is C10H6INO2. The highest BCUT2D eigenvalue weighted by atomic mass is 127. The predicted octanol–water partition coefficient (Wildman–Crippen LogP) is 2.54. The highest BCUT2D eigenvalue weighted by Crippen LogP contribution is 2.20. The lowest BCUT2D eigenvalue weighted by molar-refractivity contribution is 0.0697. The summed E-state index contributed by atoms with van der Waals surface area (Å²) in [4.78, 5) is 15.0. The normalized spacial score (nSPS) is 10.4. The monoisotopic (exact) mass is 299 g/mol. The van der Waals surface area contributed by atoms with E-state index < -0.39 is 5.97 Å². The van der Waals surface area contributed by atoms with Crippen LogP contribution in [0, 0.1) is 3.57 Å². The van der Waals surface area contributed by atoms with Gasteiger partial charge in [-0.3, -0.25) is 4.98 Å². The molecule has 0 aliphatic heterocycles. The average Bonchev–Trinajstić information content (AvgIpc) is 2.17. The summed E-state index contributed by atoms with van der Waals surface area (Å²) >= 11 is 2.09. The molecule has 1 N–H and O–H groups in total. The predicted molar refractivity (Wildman–Crippen MR) is 61.4 cm³/mol. The summed E-state index contributed by atoms with van der Waals surface area (Å²) < 4.78 is 0.859. The Labute approximate surface area is 93.9 Å². The van der Waals surface area contributed by atoms with E-state index in [0.29, 0.717) is 5.56 Å². The van der Waals surface area contributed by atoms with Crippen molar-refractivity contribution in [2.24, 2.45) is 0 Å². The second-order valence-corrected chi connectivity index (χ2v) is 4.00. The maximum atomic E-state index is 10.8. The zero-order valence-electron chi connectivity index (χ0n) is 7.07. The number of fused-ring (bicyclic) bond motifs is 1. The SMILES string of the molecule is O=C(O)c1cc(I)c2ncccc2c1. The van der Waals surface area contributed by atoms with Crippen molar-refractivity contribution in [1.82, 2.24) is 4.98 Å². The fraction of sp³-hybridized carbons (Fsp3) is 0. The van der Waals surface area contributed by atoms with Crippen LogP contribution in [0.25, 0.3) is 10.9 Å². The molecule has 0 aliphatic rings. The minimum absolute atomic E-state index is 0.301. The maximum Gasteiger partial charge on any atom is 0.335 e. The van der Waals surface area contributed by atoms with Gasteiger partial charge in [0.05, 0.1) is 11.1 Å². The Hall–Kier alpha value is -1.17. The Kier molecular flexibility index (Phi) is 2.37. The molecule has 4 heteroatoms. The number of pyridine rings is 1. The van der Waals surface area contributed by atoms with Crippen molar-refractivity contribution in [3.63, 3.8) is 0 Å². The minimum Gasteiger partial charge on any atom is -0.478 e. The van der Waals surface area contributed by atoms with Crippen molar-refractivity contribution in [1.29, 1.82) is 0 Å². The summed E-state index contributed by atoms with van der Waals surface area (Å²) in [6, 6.07) is 6.91. The van der Waals surface area contributed by atoms with Gasteiger partial charge in [0.25, 0.3) is 0 Å². The van der Waals surface area contributed by atoms with Gasteiger partial charge in [-0.15, -0.1) is 0 Å². The van der Waals surface area contributed by atoms with Crippen molar-refractivity contribution in [2.75, 3.05) is 0 Å². The Balaban J connectivity index is 2.78. The Bertz CT molecular complexity index is 510. The Morgan fingerprint density at radius 1 is 1.43 bits per heavy atom. The fourth-order valence-electron chi connectivity index (χ4n) is 1.27. The van der Waals surface area contributed by atoms with Crippen LogP contribution in [0.1, 0.15) is 10.4 Å². The highest BCUT2D eigenvalue weighted by molar-refractivity contribution is 14.1. The van der Waals surface area contributed by atoms with Gasteiger partial charge in [0.1, 0.15) is 0 Å². The molecule has 0 bridgehead atoms.